The van der Waals surface area contributed by atoms with Crippen LogP contribution in [0.3, 0.4) is 0 Å². The second-order valence-corrected chi connectivity index (χ2v) is 5.99. The van der Waals surface area contributed by atoms with Crippen LogP contribution < -0.4 is 0 Å². The van der Waals surface area contributed by atoms with Crippen LogP contribution in [0.15, 0.2) is 0 Å². The van der Waals surface area contributed by atoms with E-state index in [1.165, 1.54) is 64.2 Å². The first-order valence-electron chi connectivity index (χ1n) is 7.77. The van der Waals surface area contributed by atoms with Gasteiger partial charge < -0.3 is 0 Å². The van der Waals surface area contributed by atoms with E-state index >= 15 is 0 Å². The molecule has 1 saturated carbocycles. The molecule has 0 saturated heterocycles. The summed E-state index contributed by atoms with van der Waals surface area (Å²) in [5.41, 5.74) is 0. The minimum atomic E-state index is 0.957. The summed E-state index contributed by atoms with van der Waals surface area (Å²) in [6, 6.07) is 0. The minimum absolute atomic E-state index is 0.957. The summed E-state index contributed by atoms with van der Waals surface area (Å²) in [6.07, 6.45) is 14.8. The molecule has 0 heterocycles. The zero-order chi connectivity index (χ0) is 11.8. The standard InChI is InChI=1S/C16H32/c1-4-16(5-2)14(3)10-6-7-11-15-12-8-9-13-15/h14-16H,4-13H2,1-3H3. The summed E-state index contributed by atoms with van der Waals surface area (Å²) in [7, 11) is 0. The molecule has 0 heteroatoms. The zero-order valence-electron chi connectivity index (χ0n) is 11.8. The summed E-state index contributed by atoms with van der Waals surface area (Å²) in [5, 5.41) is 0. The Kier molecular flexibility index (Phi) is 7.16. The highest BCUT2D eigenvalue weighted by Crippen LogP contribution is 2.30. The molecule has 0 aromatic rings. The first-order valence-corrected chi connectivity index (χ1v) is 7.77. The minimum Gasteiger partial charge on any atom is -0.0651 e. The van der Waals surface area contributed by atoms with Gasteiger partial charge in [0.15, 0.2) is 0 Å². The van der Waals surface area contributed by atoms with Gasteiger partial charge in [0.25, 0.3) is 0 Å². The molecule has 0 nitrogen and oxygen atoms in total. The van der Waals surface area contributed by atoms with Crippen LogP contribution in [-0.4, -0.2) is 0 Å². The Balaban J connectivity index is 2.00. The average molecular weight is 224 g/mol. The molecule has 0 aromatic heterocycles. The molecule has 16 heavy (non-hydrogen) atoms. The van der Waals surface area contributed by atoms with Crippen molar-refractivity contribution in [2.24, 2.45) is 17.8 Å². The normalized spacial score (nSPS) is 19.5. The van der Waals surface area contributed by atoms with Crippen molar-refractivity contribution in [2.75, 3.05) is 0 Å². The molecule has 1 rings (SSSR count). The van der Waals surface area contributed by atoms with Gasteiger partial charge in [-0.3, -0.25) is 0 Å². The highest BCUT2D eigenvalue weighted by Gasteiger charge is 2.15. The first-order chi connectivity index (χ1) is 7.77. The lowest BCUT2D eigenvalue weighted by atomic mass is 9.85. The zero-order valence-corrected chi connectivity index (χ0v) is 11.8. The summed E-state index contributed by atoms with van der Waals surface area (Å²) in [5.74, 6) is 3.04. The van der Waals surface area contributed by atoms with E-state index in [9.17, 15) is 0 Å². The lowest BCUT2D eigenvalue weighted by Gasteiger charge is -2.21. The Labute approximate surface area is 103 Å². The van der Waals surface area contributed by atoms with Crippen LogP contribution in [0.2, 0.25) is 0 Å². The smallest absolute Gasteiger partial charge is 0.0394 e. The highest BCUT2D eigenvalue weighted by molar-refractivity contribution is 4.68. The van der Waals surface area contributed by atoms with Crippen molar-refractivity contribution in [3.63, 3.8) is 0 Å². The van der Waals surface area contributed by atoms with Crippen molar-refractivity contribution in [2.45, 2.75) is 85.0 Å². The van der Waals surface area contributed by atoms with Gasteiger partial charge in [-0.2, -0.15) is 0 Å². The van der Waals surface area contributed by atoms with E-state index in [1.807, 2.05) is 0 Å². The lowest BCUT2D eigenvalue weighted by Crippen LogP contribution is -2.09. The van der Waals surface area contributed by atoms with Gasteiger partial charge in [0.05, 0.1) is 0 Å². The van der Waals surface area contributed by atoms with E-state index in [4.69, 9.17) is 0 Å². The predicted octanol–water partition coefficient (Wildman–Crippen LogP) is 5.81. The topological polar surface area (TPSA) is 0 Å². The molecule has 1 aliphatic rings. The summed E-state index contributed by atoms with van der Waals surface area (Å²) in [6.45, 7) is 7.17. The van der Waals surface area contributed by atoms with Crippen molar-refractivity contribution in [1.29, 1.82) is 0 Å². The molecule has 96 valence electrons. The van der Waals surface area contributed by atoms with Crippen molar-refractivity contribution in [3.8, 4) is 0 Å². The molecule has 0 N–H and O–H groups in total. The van der Waals surface area contributed by atoms with Crippen molar-refractivity contribution in [3.05, 3.63) is 0 Å². The van der Waals surface area contributed by atoms with Crippen molar-refractivity contribution < 1.29 is 0 Å². The molecule has 1 atom stereocenters. The van der Waals surface area contributed by atoms with Crippen LogP contribution in [0, 0.1) is 17.8 Å². The molecular formula is C16H32. The van der Waals surface area contributed by atoms with E-state index in [2.05, 4.69) is 20.8 Å². The third-order valence-electron chi connectivity index (χ3n) is 4.85. The Bertz CT molecular complexity index is 151. The monoisotopic (exact) mass is 224 g/mol. The van der Waals surface area contributed by atoms with Crippen LogP contribution in [0.25, 0.3) is 0 Å². The van der Waals surface area contributed by atoms with Gasteiger partial charge in [-0.25, -0.2) is 0 Å². The lowest BCUT2D eigenvalue weighted by molar-refractivity contribution is 0.306. The Morgan fingerprint density at radius 2 is 1.62 bits per heavy atom. The van der Waals surface area contributed by atoms with Crippen LogP contribution in [-0.2, 0) is 0 Å². The second kappa shape index (κ2) is 8.14. The van der Waals surface area contributed by atoms with Gasteiger partial charge >= 0.3 is 0 Å². The van der Waals surface area contributed by atoms with Crippen LogP contribution in [0.5, 0.6) is 0 Å². The van der Waals surface area contributed by atoms with E-state index in [-0.39, 0.29) is 0 Å². The summed E-state index contributed by atoms with van der Waals surface area (Å²) in [4.78, 5) is 0. The summed E-state index contributed by atoms with van der Waals surface area (Å²) >= 11 is 0. The van der Waals surface area contributed by atoms with Gasteiger partial charge in [-0.1, -0.05) is 85.0 Å². The van der Waals surface area contributed by atoms with Crippen LogP contribution in [0.1, 0.15) is 85.0 Å². The van der Waals surface area contributed by atoms with Gasteiger partial charge in [0, 0.05) is 0 Å². The maximum atomic E-state index is 2.47. The SMILES string of the molecule is CCC(CC)C(C)CCCCC1CCCC1. The van der Waals surface area contributed by atoms with E-state index in [1.54, 1.807) is 0 Å². The fourth-order valence-corrected chi connectivity index (χ4v) is 3.53. The van der Waals surface area contributed by atoms with Crippen LogP contribution >= 0.6 is 0 Å². The summed E-state index contributed by atoms with van der Waals surface area (Å²) < 4.78 is 0. The Morgan fingerprint density at radius 1 is 1.00 bits per heavy atom. The third-order valence-corrected chi connectivity index (χ3v) is 4.85. The second-order valence-electron chi connectivity index (χ2n) is 5.99. The highest BCUT2D eigenvalue weighted by atomic mass is 14.2. The molecule has 0 aliphatic heterocycles. The molecule has 0 aromatic carbocycles. The molecule has 0 bridgehead atoms. The molecule has 0 amide bonds. The van der Waals surface area contributed by atoms with Gasteiger partial charge in [0.2, 0.25) is 0 Å². The van der Waals surface area contributed by atoms with Gasteiger partial charge in [-0.15, -0.1) is 0 Å². The van der Waals surface area contributed by atoms with E-state index in [0.29, 0.717) is 0 Å². The number of hydrogen-bond donors (Lipinski definition) is 0. The average Bonchev–Trinajstić information content (AvgIpc) is 2.79. The van der Waals surface area contributed by atoms with Crippen molar-refractivity contribution >= 4 is 0 Å². The quantitative estimate of drug-likeness (QED) is 0.456. The van der Waals surface area contributed by atoms with Gasteiger partial charge in [-0.05, 0) is 17.8 Å². The molecule has 0 spiro atoms. The third kappa shape index (κ3) is 4.89. The Morgan fingerprint density at radius 3 is 2.19 bits per heavy atom. The number of unbranched alkanes of at least 4 members (excludes halogenated alkanes) is 1. The maximum Gasteiger partial charge on any atom is -0.0394 e. The van der Waals surface area contributed by atoms with E-state index in [0.717, 1.165) is 17.8 Å². The molecule has 1 unspecified atom stereocenters. The van der Waals surface area contributed by atoms with E-state index < -0.39 is 0 Å². The fourth-order valence-electron chi connectivity index (χ4n) is 3.53. The maximum absolute atomic E-state index is 2.47. The predicted molar refractivity (Wildman–Crippen MR) is 73.7 cm³/mol. The number of hydrogen-bond acceptors (Lipinski definition) is 0. The largest absolute Gasteiger partial charge is 0.0651 e. The molecule has 1 fully saturated rings. The van der Waals surface area contributed by atoms with Crippen LogP contribution in [0.4, 0.5) is 0 Å². The first kappa shape index (κ1) is 14.1. The van der Waals surface area contributed by atoms with Gasteiger partial charge in [0.1, 0.15) is 0 Å². The fraction of sp³-hybridized carbons (Fsp3) is 1.00. The van der Waals surface area contributed by atoms with Crippen molar-refractivity contribution in [1.82, 2.24) is 0 Å². The molecular weight excluding hydrogens is 192 g/mol. The molecule has 1 aliphatic carbocycles. The molecule has 0 radical (unpaired) electrons. The number of rotatable bonds is 8. The Hall–Kier alpha value is 0.